The van der Waals surface area contributed by atoms with Gasteiger partial charge in [0.15, 0.2) is 17.3 Å². The molecule has 0 bridgehead atoms. The molecule has 1 atom stereocenters. The molecular formula is C21H16FN5O. The SMILES string of the molecule is CC(O)(C#Cc1cn2nc(-c3cccc(F)c3)nc2c(N)n1)c1ccccc1. The molecule has 0 fully saturated rings. The number of benzene rings is 2. The Morgan fingerprint density at radius 2 is 1.89 bits per heavy atom. The Hall–Kier alpha value is -3.76. The van der Waals surface area contributed by atoms with Crippen molar-refractivity contribution >= 4 is 11.5 Å². The Balaban J connectivity index is 1.72. The van der Waals surface area contributed by atoms with Gasteiger partial charge in [0.1, 0.15) is 17.1 Å². The minimum absolute atomic E-state index is 0.140. The summed E-state index contributed by atoms with van der Waals surface area (Å²) in [6.07, 6.45) is 1.57. The van der Waals surface area contributed by atoms with E-state index in [1.807, 2.05) is 18.2 Å². The third-order valence-corrected chi connectivity index (χ3v) is 4.20. The highest BCUT2D eigenvalue weighted by atomic mass is 19.1. The average Bonchev–Trinajstić information content (AvgIpc) is 3.12. The highest BCUT2D eigenvalue weighted by Crippen LogP contribution is 2.21. The van der Waals surface area contributed by atoms with E-state index in [-0.39, 0.29) is 11.6 Å². The molecule has 0 spiro atoms. The van der Waals surface area contributed by atoms with E-state index in [0.29, 0.717) is 28.3 Å². The van der Waals surface area contributed by atoms with Crippen molar-refractivity contribution in [1.29, 1.82) is 0 Å². The van der Waals surface area contributed by atoms with Crippen LogP contribution >= 0.6 is 0 Å². The lowest BCUT2D eigenvalue weighted by molar-refractivity contribution is 0.122. The van der Waals surface area contributed by atoms with Crippen molar-refractivity contribution in [3.63, 3.8) is 0 Å². The van der Waals surface area contributed by atoms with Gasteiger partial charge < -0.3 is 10.8 Å². The third-order valence-electron chi connectivity index (χ3n) is 4.20. The predicted octanol–water partition coefficient (Wildman–Crippen LogP) is 2.77. The lowest BCUT2D eigenvalue weighted by Crippen LogP contribution is -2.18. The molecule has 6 nitrogen and oxygen atoms in total. The number of hydrogen-bond donors (Lipinski definition) is 2. The quantitative estimate of drug-likeness (QED) is 0.528. The molecule has 0 aliphatic carbocycles. The normalized spacial score (nSPS) is 13.0. The lowest BCUT2D eigenvalue weighted by atomic mass is 9.97. The van der Waals surface area contributed by atoms with E-state index >= 15 is 0 Å². The minimum Gasteiger partial charge on any atom is -0.381 e. The number of aromatic nitrogens is 4. The Morgan fingerprint density at radius 3 is 2.64 bits per heavy atom. The molecule has 4 rings (SSSR count). The van der Waals surface area contributed by atoms with Gasteiger partial charge >= 0.3 is 0 Å². The van der Waals surface area contributed by atoms with Crippen molar-refractivity contribution in [1.82, 2.24) is 19.6 Å². The summed E-state index contributed by atoms with van der Waals surface area (Å²) in [7, 11) is 0. The van der Waals surface area contributed by atoms with E-state index in [4.69, 9.17) is 5.73 Å². The number of hydrogen-bond acceptors (Lipinski definition) is 5. The predicted molar refractivity (Wildman–Crippen MR) is 103 cm³/mol. The van der Waals surface area contributed by atoms with Crippen molar-refractivity contribution < 1.29 is 9.50 Å². The monoisotopic (exact) mass is 373 g/mol. The Bertz CT molecular complexity index is 1220. The van der Waals surface area contributed by atoms with Gasteiger partial charge in [0.25, 0.3) is 0 Å². The minimum atomic E-state index is -1.35. The van der Waals surface area contributed by atoms with Crippen LogP contribution in [0.1, 0.15) is 18.2 Å². The van der Waals surface area contributed by atoms with Crippen molar-refractivity contribution in [3.05, 3.63) is 77.9 Å². The molecule has 0 aliphatic heterocycles. The fraction of sp³-hybridized carbons (Fsp3) is 0.0952. The van der Waals surface area contributed by atoms with Crippen LogP contribution in [0.2, 0.25) is 0 Å². The topological polar surface area (TPSA) is 89.3 Å². The van der Waals surface area contributed by atoms with Gasteiger partial charge in [0.2, 0.25) is 0 Å². The van der Waals surface area contributed by atoms with Gasteiger partial charge in [-0.2, -0.15) is 0 Å². The third kappa shape index (κ3) is 3.41. The first-order valence-electron chi connectivity index (χ1n) is 8.52. The summed E-state index contributed by atoms with van der Waals surface area (Å²) in [5, 5.41) is 14.9. The number of anilines is 1. The second-order valence-electron chi connectivity index (χ2n) is 6.41. The highest BCUT2D eigenvalue weighted by molar-refractivity contribution is 5.65. The smallest absolute Gasteiger partial charge is 0.198 e. The van der Waals surface area contributed by atoms with Crippen molar-refractivity contribution in [2.24, 2.45) is 0 Å². The van der Waals surface area contributed by atoms with E-state index in [1.165, 1.54) is 16.6 Å². The maximum absolute atomic E-state index is 13.5. The van der Waals surface area contributed by atoms with Gasteiger partial charge in [-0.3, -0.25) is 0 Å². The Morgan fingerprint density at radius 1 is 1.11 bits per heavy atom. The van der Waals surface area contributed by atoms with E-state index < -0.39 is 5.60 Å². The van der Waals surface area contributed by atoms with Crippen LogP contribution in [0, 0.1) is 17.7 Å². The van der Waals surface area contributed by atoms with E-state index in [9.17, 15) is 9.50 Å². The van der Waals surface area contributed by atoms with Crippen LogP contribution in [-0.2, 0) is 5.60 Å². The fourth-order valence-corrected chi connectivity index (χ4v) is 2.74. The second kappa shape index (κ2) is 6.76. The molecule has 0 amide bonds. The maximum atomic E-state index is 13.5. The molecule has 0 saturated carbocycles. The van der Waals surface area contributed by atoms with Crippen LogP contribution in [0.4, 0.5) is 10.2 Å². The molecule has 2 aromatic heterocycles. The number of nitrogens with two attached hydrogens (primary N) is 1. The van der Waals surface area contributed by atoms with Crippen molar-refractivity contribution in [2.45, 2.75) is 12.5 Å². The van der Waals surface area contributed by atoms with Crippen LogP contribution in [0.25, 0.3) is 17.0 Å². The molecule has 3 N–H and O–H groups in total. The van der Waals surface area contributed by atoms with Crippen LogP contribution in [-0.4, -0.2) is 24.7 Å². The number of fused-ring (bicyclic) bond motifs is 1. The summed E-state index contributed by atoms with van der Waals surface area (Å²) >= 11 is 0. The number of aliphatic hydroxyl groups is 1. The number of halogens is 1. The van der Waals surface area contributed by atoms with Crippen molar-refractivity contribution in [3.8, 4) is 23.2 Å². The number of rotatable bonds is 2. The molecule has 4 aromatic rings. The maximum Gasteiger partial charge on any atom is 0.198 e. The Labute approximate surface area is 160 Å². The zero-order chi connectivity index (χ0) is 19.7. The summed E-state index contributed by atoms with van der Waals surface area (Å²) < 4.78 is 14.9. The average molecular weight is 373 g/mol. The molecule has 138 valence electrons. The van der Waals surface area contributed by atoms with Crippen LogP contribution in [0.5, 0.6) is 0 Å². The van der Waals surface area contributed by atoms with Crippen LogP contribution in [0.15, 0.2) is 60.8 Å². The first kappa shape index (κ1) is 17.6. The summed E-state index contributed by atoms with van der Waals surface area (Å²) in [4.78, 5) is 8.54. The highest BCUT2D eigenvalue weighted by Gasteiger charge is 2.19. The van der Waals surface area contributed by atoms with Gasteiger partial charge in [-0.25, -0.2) is 18.9 Å². The summed E-state index contributed by atoms with van der Waals surface area (Å²) in [6, 6.07) is 15.1. The zero-order valence-corrected chi connectivity index (χ0v) is 15.0. The largest absolute Gasteiger partial charge is 0.381 e. The second-order valence-corrected chi connectivity index (χ2v) is 6.41. The van der Waals surface area contributed by atoms with Gasteiger partial charge in [0.05, 0.1) is 6.20 Å². The zero-order valence-electron chi connectivity index (χ0n) is 15.0. The molecule has 7 heteroatoms. The summed E-state index contributed by atoms with van der Waals surface area (Å²) in [5.74, 6) is 5.73. The van der Waals surface area contributed by atoms with E-state index in [1.54, 1.807) is 37.4 Å². The first-order chi connectivity index (χ1) is 13.4. The molecule has 28 heavy (non-hydrogen) atoms. The molecule has 2 heterocycles. The lowest BCUT2D eigenvalue weighted by Gasteiger charge is -2.16. The standard InChI is InChI=1S/C21H16FN5O/c1-21(28,15-7-3-2-4-8-15)11-10-17-13-27-20(18(23)24-17)25-19(26-27)14-6-5-9-16(22)12-14/h2-9,12-13,28H,1H3,(H2,23,24). The van der Waals surface area contributed by atoms with E-state index in [2.05, 4.69) is 26.9 Å². The molecular weight excluding hydrogens is 357 g/mol. The van der Waals surface area contributed by atoms with Crippen molar-refractivity contribution in [2.75, 3.05) is 5.73 Å². The number of nitrogen functional groups attached to an aromatic ring is 1. The molecule has 2 aromatic carbocycles. The number of nitrogens with zero attached hydrogens (tertiary/aromatic N) is 4. The van der Waals surface area contributed by atoms with Crippen LogP contribution < -0.4 is 5.73 Å². The van der Waals surface area contributed by atoms with Crippen LogP contribution in [0.3, 0.4) is 0 Å². The Kier molecular flexibility index (Phi) is 4.26. The molecule has 1 unspecified atom stereocenters. The molecule has 0 aliphatic rings. The fourth-order valence-electron chi connectivity index (χ4n) is 2.74. The van der Waals surface area contributed by atoms with Gasteiger partial charge in [-0.1, -0.05) is 48.4 Å². The first-order valence-corrected chi connectivity index (χ1v) is 8.52. The van der Waals surface area contributed by atoms with Gasteiger partial charge in [-0.05, 0) is 30.5 Å². The van der Waals surface area contributed by atoms with E-state index in [0.717, 1.165) is 0 Å². The molecule has 0 saturated heterocycles. The molecule has 0 radical (unpaired) electrons. The van der Waals surface area contributed by atoms with Gasteiger partial charge in [-0.15, -0.1) is 5.10 Å². The summed E-state index contributed by atoms with van der Waals surface area (Å²) in [5.41, 5.74) is 6.52. The summed E-state index contributed by atoms with van der Waals surface area (Å²) in [6.45, 7) is 1.61. The van der Waals surface area contributed by atoms with Gasteiger partial charge in [0, 0.05) is 5.56 Å².